The summed E-state index contributed by atoms with van der Waals surface area (Å²) in [6.45, 7) is 4.32. The Morgan fingerprint density at radius 2 is 1.95 bits per heavy atom. The lowest BCUT2D eigenvalue weighted by Crippen LogP contribution is -2.00. The van der Waals surface area contributed by atoms with E-state index < -0.39 is 0 Å². The first kappa shape index (κ1) is 14.6. The summed E-state index contributed by atoms with van der Waals surface area (Å²) in [7, 11) is 1.43. The minimum atomic E-state index is -0.278. The van der Waals surface area contributed by atoms with Gasteiger partial charge in [-0.2, -0.15) is 0 Å². The van der Waals surface area contributed by atoms with E-state index >= 15 is 0 Å². The molecule has 0 fully saturated rings. The van der Waals surface area contributed by atoms with Gasteiger partial charge in [0, 0.05) is 0 Å². The third-order valence-corrected chi connectivity index (χ3v) is 4.18. The lowest BCUT2D eigenvalue weighted by molar-refractivity contribution is 0.0602. The molecule has 0 saturated heterocycles. The number of rotatable bonds is 3. The van der Waals surface area contributed by atoms with E-state index in [9.17, 15) is 4.79 Å². The highest BCUT2D eigenvalue weighted by Gasteiger charge is 2.22. The standard InChI is InChI=1S/C20H20O2/c1-13(2)15-9-6-10-16-17(14-7-4-5-8-14)12-19(18(16)11-15)20(21)22-3/h4,6-13H,5H2,1-3H3. The average Bonchev–Trinajstić information content (AvgIpc) is 3.08. The average molecular weight is 292 g/mol. The first-order valence-corrected chi connectivity index (χ1v) is 7.64. The molecule has 0 atom stereocenters. The molecular weight excluding hydrogens is 272 g/mol. The number of carbonyl (C=O) groups is 1. The molecule has 0 heterocycles. The third kappa shape index (κ3) is 2.45. The Kier molecular flexibility index (Phi) is 3.84. The minimum absolute atomic E-state index is 0.278. The Morgan fingerprint density at radius 3 is 2.59 bits per heavy atom. The van der Waals surface area contributed by atoms with Gasteiger partial charge in [-0.3, -0.25) is 0 Å². The number of carbonyl (C=O) groups excluding carboxylic acids is 1. The fourth-order valence-corrected chi connectivity index (χ4v) is 2.93. The Labute approximate surface area is 131 Å². The molecule has 3 rings (SSSR count). The molecule has 0 bridgehead atoms. The van der Waals surface area contributed by atoms with Gasteiger partial charge in [0.2, 0.25) is 0 Å². The zero-order valence-corrected chi connectivity index (χ0v) is 13.2. The van der Waals surface area contributed by atoms with Crippen molar-refractivity contribution in [3.63, 3.8) is 0 Å². The van der Waals surface area contributed by atoms with Crippen molar-refractivity contribution >= 4 is 11.5 Å². The molecule has 0 radical (unpaired) electrons. The van der Waals surface area contributed by atoms with E-state index in [0.29, 0.717) is 11.5 Å². The van der Waals surface area contributed by atoms with Crippen LogP contribution in [0.1, 0.15) is 47.7 Å². The molecule has 0 spiro atoms. The summed E-state index contributed by atoms with van der Waals surface area (Å²) in [6.07, 6.45) is 7.39. The third-order valence-electron chi connectivity index (χ3n) is 4.18. The number of hydrogen-bond donors (Lipinski definition) is 0. The predicted molar refractivity (Wildman–Crippen MR) is 90.2 cm³/mol. The highest BCUT2D eigenvalue weighted by molar-refractivity contribution is 6.04. The Morgan fingerprint density at radius 1 is 1.14 bits per heavy atom. The van der Waals surface area contributed by atoms with E-state index in [4.69, 9.17) is 4.74 Å². The van der Waals surface area contributed by atoms with Gasteiger partial charge in [-0.05, 0) is 46.2 Å². The predicted octanol–water partition coefficient (Wildman–Crippen LogP) is 5.04. The van der Waals surface area contributed by atoms with E-state index in [1.54, 1.807) is 0 Å². The first-order valence-electron chi connectivity index (χ1n) is 7.64. The zero-order valence-electron chi connectivity index (χ0n) is 13.2. The molecule has 112 valence electrons. The van der Waals surface area contributed by atoms with Crippen LogP contribution in [0.3, 0.4) is 0 Å². The number of esters is 1. The van der Waals surface area contributed by atoms with Crippen molar-refractivity contribution in [1.29, 1.82) is 0 Å². The summed E-state index contributed by atoms with van der Waals surface area (Å²) < 4.78 is 4.97. The second-order valence-electron chi connectivity index (χ2n) is 5.91. The molecule has 0 amide bonds. The van der Waals surface area contributed by atoms with Crippen LogP contribution in [0.5, 0.6) is 0 Å². The molecule has 0 aliphatic heterocycles. The maximum atomic E-state index is 12.2. The van der Waals surface area contributed by atoms with Crippen LogP contribution < -0.4 is 0 Å². The smallest absolute Gasteiger partial charge is 0.338 e. The summed E-state index contributed by atoms with van der Waals surface area (Å²) >= 11 is 0. The van der Waals surface area contributed by atoms with Crippen LogP contribution in [0, 0.1) is 0 Å². The molecule has 3 aliphatic carbocycles. The second kappa shape index (κ2) is 5.80. The van der Waals surface area contributed by atoms with E-state index in [1.165, 1.54) is 18.2 Å². The van der Waals surface area contributed by atoms with Gasteiger partial charge in [-0.25, -0.2) is 4.79 Å². The first-order chi connectivity index (χ1) is 10.6. The SMILES string of the molecule is COC(=O)c1cc(C2=CCC=C2)c2cccc(C(C)C)cc1-2. The largest absolute Gasteiger partial charge is 0.465 e. The summed E-state index contributed by atoms with van der Waals surface area (Å²) in [6, 6.07) is 10.4. The van der Waals surface area contributed by atoms with Crippen molar-refractivity contribution in [1.82, 2.24) is 0 Å². The summed E-state index contributed by atoms with van der Waals surface area (Å²) in [5.41, 5.74) is 6.22. The zero-order chi connectivity index (χ0) is 15.7. The lowest BCUT2D eigenvalue weighted by atomic mass is 10.0. The number of fused-ring (bicyclic) bond motifs is 1. The number of allylic oxidation sites excluding steroid dienone is 4. The molecule has 0 unspecified atom stereocenters. The molecule has 0 aromatic heterocycles. The molecule has 0 N–H and O–H groups in total. The van der Waals surface area contributed by atoms with Crippen LogP contribution in [0.25, 0.3) is 16.7 Å². The van der Waals surface area contributed by atoms with Gasteiger partial charge in [0.25, 0.3) is 0 Å². The fraction of sp³-hybridized carbons (Fsp3) is 0.250. The normalized spacial score (nSPS) is 13.7. The van der Waals surface area contributed by atoms with E-state index in [2.05, 4.69) is 56.3 Å². The van der Waals surface area contributed by atoms with Crippen LogP contribution in [0.4, 0.5) is 0 Å². The maximum Gasteiger partial charge on any atom is 0.338 e. The van der Waals surface area contributed by atoms with Gasteiger partial charge in [-0.15, -0.1) is 0 Å². The van der Waals surface area contributed by atoms with Crippen LogP contribution in [0.2, 0.25) is 0 Å². The van der Waals surface area contributed by atoms with Crippen LogP contribution in [0.15, 0.2) is 48.6 Å². The van der Waals surface area contributed by atoms with Crippen LogP contribution >= 0.6 is 0 Å². The van der Waals surface area contributed by atoms with Gasteiger partial charge < -0.3 is 4.74 Å². The summed E-state index contributed by atoms with van der Waals surface area (Å²) in [4.78, 5) is 12.2. The van der Waals surface area contributed by atoms with Gasteiger partial charge in [0.15, 0.2) is 0 Å². The van der Waals surface area contributed by atoms with E-state index in [-0.39, 0.29) is 5.97 Å². The molecule has 22 heavy (non-hydrogen) atoms. The van der Waals surface area contributed by atoms with Crippen molar-refractivity contribution < 1.29 is 9.53 Å². The molecule has 0 saturated carbocycles. The summed E-state index contributed by atoms with van der Waals surface area (Å²) in [5, 5.41) is 0. The second-order valence-corrected chi connectivity index (χ2v) is 5.91. The van der Waals surface area contributed by atoms with Crippen molar-refractivity contribution in [3.8, 4) is 11.1 Å². The van der Waals surface area contributed by atoms with Gasteiger partial charge in [0.05, 0.1) is 12.7 Å². The summed E-state index contributed by atoms with van der Waals surface area (Å²) in [5.74, 6) is 0.129. The number of methoxy groups -OCH3 is 1. The van der Waals surface area contributed by atoms with Crippen molar-refractivity contribution in [2.45, 2.75) is 26.2 Å². The molecule has 0 aromatic rings. The Balaban J connectivity index is 2.25. The van der Waals surface area contributed by atoms with Gasteiger partial charge in [-0.1, -0.05) is 56.3 Å². The van der Waals surface area contributed by atoms with E-state index in [1.807, 2.05) is 6.07 Å². The Bertz CT molecular complexity index is 751. The molecular formula is C20H20O2. The monoisotopic (exact) mass is 292 g/mol. The Hall–Kier alpha value is -2.35. The van der Waals surface area contributed by atoms with Gasteiger partial charge >= 0.3 is 5.97 Å². The fourth-order valence-electron chi connectivity index (χ4n) is 2.93. The van der Waals surface area contributed by atoms with Crippen molar-refractivity contribution in [3.05, 3.63) is 65.3 Å². The maximum absolute atomic E-state index is 12.2. The highest BCUT2D eigenvalue weighted by Crippen LogP contribution is 2.39. The quantitative estimate of drug-likeness (QED) is 0.740. The lowest BCUT2D eigenvalue weighted by Gasteiger charge is -2.05. The number of hydrogen-bond acceptors (Lipinski definition) is 2. The van der Waals surface area contributed by atoms with Crippen molar-refractivity contribution in [2.24, 2.45) is 0 Å². The highest BCUT2D eigenvalue weighted by atomic mass is 16.5. The van der Waals surface area contributed by atoms with Crippen molar-refractivity contribution in [2.75, 3.05) is 7.11 Å². The van der Waals surface area contributed by atoms with Crippen LogP contribution in [-0.2, 0) is 4.74 Å². The molecule has 3 aliphatic rings. The topological polar surface area (TPSA) is 26.3 Å². The molecule has 0 aromatic carbocycles. The van der Waals surface area contributed by atoms with E-state index in [0.717, 1.165) is 23.1 Å². The molecule has 2 heteroatoms. The minimum Gasteiger partial charge on any atom is -0.465 e. The van der Waals surface area contributed by atoms with Gasteiger partial charge in [0.1, 0.15) is 0 Å². The molecule has 2 nitrogen and oxygen atoms in total. The van der Waals surface area contributed by atoms with Crippen LogP contribution in [-0.4, -0.2) is 13.1 Å². The number of ether oxygens (including phenoxy) is 1.